The Balaban J connectivity index is 2.74. The molecule has 0 saturated heterocycles. The molecule has 0 aromatic carbocycles. The summed E-state index contributed by atoms with van der Waals surface area (Å²) in [5, 5.41) is 0. The van der Waals surface area contributed by atoms with Crippen molar-refractivity contribution < 1.29 is 0 Å². The lowest BCUT2D eigenvalue weighted by atomic mass is 10.3. The molecule has 2 N–H and O–H groups in total. The summed E-state index contributed by atoms with van der Waals surface area (Å²) >= 11 is 0. The molecule has 0 aliphatic rings. The molecule has 54 valence electrons. The molecule has 0 unspecified atom stereocenters. The van der Waals surface area contributed by atoms with E-state index in [0.717, 1.165) is 5.69 Å². The molecule has 1 heterocycles. The van der Waals surface area contributed by atoms with Crippen molar-refractivity contribution in [3.05, 3.63) is 42.4 Å². The monoisotopic (exact) mass is 144 g/mol. The van der Waals surface area contributed by atoms with Gasteiger partial charge in [0.15, 0.2) is 0 Å². The van der Waals surface area contributed by atoms with Gasteiger partial charge in [-0.2, -0.15) is 0 Å². The van der Waals surface area contributed by atoms with Crippen molar-refractivity contribution in [2.45, 2.75) is 0 Å². The van der Waals surface area contributed by atoms with Gasteiger partial charge in [0.25, 0.3) is 0 Å². The van der Waals surface area contributed by atoms with Crippen LogP contribution in [0.25, 0.3) is 0 Å². The largest absolute Gasteiger partial charge is 0.404 e. The topological polar surface area (TPSA) is 38.9 Å². The quantitative estimate of drug-likeness (QED) is 0.549. The van der Waals surface area contributed by atoms with Crippen molar-refractivity contribution in [3.8, 4) is 11.8 Å². The minimum Gasteiger partial charge on any atom is -0.404 e. The van der Waals surface area contributed by atoms with Crippen LogP contribution in [-0.4, -0.2) is 4.98 Å². The lowest BCUT2D eigenvalue weighted by Gasteiger charge is -1.83. The van der Waals surface area contributed by atoms with E-state index in [1.807, 2.05) is 18.2 Å². The van der Waals surface area contributed by atoms with E-state index >= 15 is 0 Å². The first kappa shape index (κ1) is 7.36. The molecule has 0 atom stereocenters. The Morgan fingerprint density at radius 1 is 1.45 bits per heavy atom. The van der Waals surface area contributed by atoms with Gasteiger partial charge in [-0.3, -0.25) is 0 Å². The fraction of sp³-hybridized carbons (Fsp3) is 0. The van der Waals surface area contributed by atoms with Gasteiger partial charge < -0.3 is 5.73 Å². The normalized spacial score (nSPS) is 9.09. The van der Waals surface area contributed by atoms with E-state index in [0.29, 0.717) is 0 Å². The Bertz CT molecular complexity index is 290. The maximum absolute atomic E-state index is 5.09. The number of nitrogens with two attached hydrogens (primary N) is 1. The van der Waals surface area contributed by atoms with Crippen molar-refractivity contribution in [1.82, 2.24) is 4.98 Å². The molecule has 11 heavy (non-hydrogen) atoms. The second kappa shape index (κ2) is 4.13. The van der Waals surface area contributed by atoms with Crippen LogP contribution in [-0.2, 0) is 0 Å². The van der Waals surface area contributed by atoms with Gasteiger partial charge in [-0.05, 0) is 18.1 Å². The first-order valence-electron chi connectivity index (χ1n) is 3.23. The summed E-state index contributed by atoms with van der Waals surface area (Å²) in [5.74, 6) is 5.55. The highest BCUT2D eigenvalue weighted by Gasteiger charge is 1.79. The van der Waals surface area contributed by atoms with Crippen LogP contribution in [0.15, 0.2) is 36.7 Å². The zero-order chi connectivity index (χ0) is 7.94. The second-order valence-electron chi connectivity index (χ2n) is 1.84. The van der Waals surface area contributed by atoms with E-state index in [2.05, 4.69) is 16.8 Å². The molecular formula is C9H8N2. The molecule has 0 radical (unpaired) electrons. The molecule has 0 fully saturated rings. The maximum Gasteiger partial charge on any atom is 0.113 e. The highest BCUT2D eigenvalue weighted by atomic mass is 14.6. The van der Waals surface area contributed by atoms with Gasteiger partial charge in [0.1, 0.15) is 5.69 Å². The highest BCUT2D eigenvalue weighted by molar-refractivity contribution is 5.30. The van der Waals surface area contributed by atoms with Crippen LogP contribution >= 0.6 is 0 Å². The zero-order valence-electron chi connectivity index (χ0n) is 5.99. The summed E-state index contributed by atoms with van der Waals surface area (Å²) in [6, 6.07) is 5.59. The van der Waals surface area contributed by atoms with Crippen LogP contribution in [0.3, 0.4) is 0 Å². The molecule has 0 saturated carbocycles. The number of rotatable bonds is 0. The molecule has 0 bridgehead atoms. The second-order valence-corrected chi connectivity index (χ2v) is 1.84. The fourth-order valence-corrected chi connectivity index (χ4v) is 0.600. The first-order valence-corrected chi connectivity index (χ1v) is 3.23. The Morgan fingerprint density at radius 3 is 3.00 bits per heavy atom. The lowest BCUT2D eigenvalue weighted by Crippen LogP contribution is -1.77. The number of aromatic nitrogens is 1. The number of nitrogens with zero attached hydrogens (tertiary/aromatic N) is 1. The van der Waals surface area contributed by atoms with E-state index in [4.69, 9.17) is 5.73 Å². The molecule has 2 nitrogen and oxygen atoms in total. The van der Waals surface area contributed by atoms with Crippen LogP contribution in [0.1, 0.15) is 5.69 Å². The highest BCUT2D eigenvalue weighted by Crippen LogP contribution is 1.88. The molecule has 1 rings (SSSR count). The summed E-state index contributed by atoms with van der Waals surface area (Å²) in [5.41, 5.74) is 5.84. The molecule has 0 amide bonds. The van der Waals surface area contributed by atoms with E-state index < -0.39 is 0 Å². The number of hydrogen-bond donors (Lipinski definition) is 1. The van der Waals surface area contributed by atoms with Gasteiger partial charge in [0.2, 0.25) is 0 Å². The predicted molar refractivity (Wildman–Crippen MR) is 44.4 cm³/mol. The van der Waals surface area contributed by atoms with Crippen molar-refractivity contribution in [1.29, 1.82) is 0 Å². The Kier molecular flexibility index (Phi) is 2.76. The minimum absolute atomic E-state index is 0.755. The van der Waals surface area contributed by atoms with E-state index in [9.17, 15) is 0 Å². The third kappa shape index (κ3) is 2.55. The van der Waals surface area contributed by atoms with Gasteiger partial charge in [0, 0.05) is 18.5 Å². The van der Waals surface area contributed by atoms with Gasteiger partial charge in [-0.1, -0.05) is 12.0 Å². The first-order chi connectivity index (χ1) is 5.43. The smallest absolute Gasteiger partial charge is 0.113 e. The molecule has 0 spiro atoms. The van der Waals surface area contributed by atoms with Crippen LogP contribution in [0.4, 0.5) is 0 Å². The zero-order valence-corrected chi connectivity index (χ0v) is 5.99. The Labute approximate surface area is 65.8 Å². The molecule has 1 aromatic rings. The third-order valence-electron chi connectivity index (χ3n) is 1.04. The summed E-state index contributed by atoms with van der Waals surface area (Å²) in [6.45, 7) is 0. The summed E-state index contributed by atoms with van der Waals surface area (Å²) in [7, 11) is 0. The van der Waals surface area contributed by atoms with Crippen molar-refractivity contribution in [2.75, 3.05) is 0 Å². The molecule has 0 aliphatic heterocycles. The maximum atomic E-state index is 5.09. The molecule has 2 heteroatoms. The van der Waals surface area contributed by atoms with E-state index in [-0.39, 0.29) is 0 Å². The average Bonchev–Trinajstić information content (AvgIpc) is 2.07. The predicted octanol–water partition coefficient (Wildman–Crippen LogP) is 0.906. The van der Waals surface area contributed by atoms with E-state index in [1.165, 1.54) is 6.20 Å². The Hall–Kier alpha value is -1.75. The number of hydrogen-bond acceptors (Lipinski definition) is 2. The van der Waals surface area contributed by atoms with Crippen LogP contribution < -0.4 is 5.73 Å². The van der Waals surface area contributed by atoms with Crippen LogP contribution in [0.5, 0.6) is 0 Å². The molecule has 1 aromatic heterocycles. The van der Waals surface area contributed by atoms with Crippen molar-refractivity contribution in [2.24, 2.45) is 5.73 Å². The number of pyridine rings is 1. The van der Waals surface area contributed by atoms with Crippen molar-refractivity contribution in [3.63, 3.8) is 0 Å². The van der Waals surface area contributed by atoms with Gasteiger partial charge >= 0.3 is 0 Å². The summed E-state index contributed by atoms with van der Waals surface area (Å²) < 4.78 is 0. The van der Waals surface area contributed by atoms with E-state index in [1.54, 1.807) is 12.3 Å². The fourth-order valence-electron chi connectivity index (χ4n) is 0.600. The van der Waals surface area contributed by atoms with Gasteiger partial charge in [-0.15, -0.1) is 0 Å². The summed E-state index contributed by atoms with van der Waals surface area (Å²) in [4.78, 5) is 4.00. The Morgan fingerprint density at radius 2 is 2.36 bits per heavy atom. The molecular weight excluding hydrogens is 136 g/mol. The third-order valence-corrected chi connectivity index (χ3v) is 1.04. The van der Waals surface area contributed by atoms with Gasteiger partial charge in [-0.25, -0.2) is 4.98 Å². The van der Waals surface area contributed by atoms with Gasteiger partial charge in [0.05, 0.1) is 0 Å². The minimum atomic E-state index is 0.755. The van der Waals surface area contributed by atoms with Crippen LogP contribution in [0.2, 0.25) is 0 Å². The molecule has 0 aliphatic carbocycles. The summed E-state index contributed by atoms with van der Waals surface area (Å²) in [6.07, 6.45) is 4.68. The van der Waals surface area contributed by atoms with Crippen molar-refractivity contribution >= 4 is 0 Å². The lowest BCUT2D eigenvalue weighted by molar-refractivity contribution is 1.29. The number of allylic oxidation sites excluding steroid dienone is 1. The van der Waals surface area contributed by atoms with Crippen LogP contribution in [0, 0.1) is 11.8 Å². The average molecular weight is 144 g/mol. The standard InChI is InChI=1S/C9H8N2/c10-7-3-1-5-9-6-2-4-8-11-9/h2-4,6-8H,10H2/b7-3+. The SMILES string of the molecule is N/C=C/C#Cc1ccccn1.